The van der Waals surface area contributed by atoms with Crippen LogP contribution < -0.4 is 10.0 Å². The van der Waals surface area contributed by atoms with Crippen LogP contribution in [0.15, 0.2) is 0 Å². The molecular formula is C11H22N2O2S. The standard InChI is InChI=1S/C11H22N2O2S/c1-11(5-2-6-11)9-13-16(14,15)10-3-7-12-8-4-10/h10,12-13H,2-9H2,1H3. The van der Waals surface area contributed by atoms with E-state index >= 15 is 0 Å². The van der Waals surface area contributed by atoms with Crippen molar-refractivity contribution in [1.29, 1.82) is 0 Å². The first-order chi connectivity index (χ1) is 7.52. The molecule has 0 bridgehead atoms. The average Bonchev–Trinajstić information content (AvgIpc) is 2.25. The van der Waals surface area contributed by atoms with Crippen molar-refractivity contribution in [1.82, 2.24) is 10.0 Å². The minimum atomic E-state index is -3.08. The van der Waals surface area contributed by atoms with E-state index in [0.717, 1.165) is 38.8 Å². The van der Waals surface area contributed by atoms with Crippen molar-refractivity contribution in [2.75, 3.05) is 19.6 Å². The molecule has 2 rings (SSSR count). The highest BCUT2D eigenvalue weighted by molar-refractivity contribution is 7.90. The molecule has 2 aliphatic rings. The van der Waals surface area contributed by atoms with Gasteiger partial charge in [-0.2, -0.15) is 0 Å². The van der Waals surface area contributed by atoms with Crippen molar-refractivity contribution in [3.05, 3.63) is 0 Å². The lowest BCUT2D eigenvalue weighted by atomic mass is 9.71. The summed E-state index contributed by atoms with van der Waals surface area (Å²) < 4.78 is 26.9. The van der Waals surface area contributed by atoms with Crippen LogP contribution in [0.25, 0.3) is 0 Å². The molecule has 0 spiro atoms. The van der Waals surface area contributed by atoms with Crippen LogP contribution in [0.4, 0.5) is 0 Å². The van der Waals surface area contributed by atoms with Crippen LogP contribution in [0.5, 0.6) is 0 Å². The maximum atomic E-state index is 12.0. The van der Waals surface area contributed by atoms with Crippen molar-refractivity contribution in [3.8, 4) is 0 Å². The average molecular weight is 246 g/mol. The second-order valence-corrected chi connectivity index (χ2v) is 7.53. The molecule has 16 heavy (non-hydrogen) atoms. The third-order valence-corrected chi connectivity index (χ3v) is 5.88. The van der Waals surface area contributed by atoms with E-state index in [-0.39, 0.29) is 10.7 Å². The van der Waals surface area contributed by atoms with E-state index in [0.29, 0.717) is 6.54 Å². The Labute approximate surface area is 98.2 Å². The van der Waals surface area contributed by atoms with Crippen LogP contribution in [-0.4, -0.2) is 33.3 Å². The van der Waals surface area contributed by atoms with E-state index in [1.54, 1.807) is 0 Å². The topological polar surface area (TPSA) is 58.2 Å². The molecule has 1 saturated carbocycles. The third-order valence-electron chi connectivity index (χ3n) is 3.99. The summed E-state index contributed by atoms with van der Waals surface area (Å²) >= 11 is 0. The SMILES string of the molecule is CC1(CNS(=O)(=O)C2CCNCC2)CCC1. The summed E-state index contributed by atoms with van der Waals surface area (Å²) in [6, 6.07) is 0. The van der Waals surface area contributed by atoms with Crippen molar-refractivity contribution in [3.63, 3.8) is 0 Å². The Balaban J connectivity index is 1.86. The van der Waals surface area contributed by atoms with E-state index in [1.807, 2.05) is 0 Å². The molecule has 0 aromatic heterocycles. The Bertz CT molecular complexity index is 330. The maximum Gasteiger partial charge on any atom is 0.214 e. The van der Waals surface area contributed by atoms with Crippen molar-refractivity contribution < 1.29 is 8.42 Å². The molecular weight excluding hydrogens is 224 g/mol. The molecule has 1 heterocycles. The quantitative estimate of drug-likeness (QED) is 0.773. The molecule has 0 aromatic rings. The van der Waals surface area contributed by atoms with E-state index < -0.39 is 10.0 Å². The Morgan fingerprint density at radius 2 is 1.94 bits per heavy atom. The first-order valence-electron chi connectivity index (χ1n) is 6.21. The fraction of sp³-hybridized carbons (Fsp3) is 1.00. The molecule has 1 aliphatic carbocycles. The Morgan fingerprint density at radius 1 is 1.31 bits per heavy atom. The number of hydrogen-bond acceptors (Lipinski definition) is 3. The highest BCUT2D eigenvalue weighted by Gasteiger charge is 2.34. The molecule has 4 nitrogen and oxygen atoms in total. The van der Waals surface area contributed by atoms with Gasteiger partial charge in [-0.25, -0.2) is 13.1 Å². The molecule has 1 saturated heterocycles. The molecule has 1 aliphatic heterocycles. The molecule has 0 radical (unpaired) electrons. The van der Waals surface area contributed by atoms with Gasteiger partial charge in [0.05, 0.1) is 5.25 Å². The van der Waals surface area contributed by atoms with Gasteiger partial charge in [0.2, 0.25) is 10.0 Å². The number of piperidine rings is 1. The molecule has 0 atom stereocenters. The number of sulfonamides is 1. The Hall–Kier alpha value is -0.130. The van der Waals surface area contributed by atoms with Gasteiger partial charge in [0, 0.05) is 6.54 Å². The predicted octanol–water partition coefficient (Wildman–Crippen LogP) is 0.848. The fourth-order valence-electron chi connectivity index (χ4n) is 2.46. The largest absolute Gasteiger partial charge is 0.317 e. The highest BCUT2D eigenvalue weighted by atomic mass is 32.2. The first kappa shape index (κ1) is 12.3. The predicted molar refractivity (Wildman–Crippen MR) is 64.8 cm³/mol. The molecule has 5 heteroatoms. The highest BCUT2D eigenvalue weighted by Crippen LogP contribution is 2.39. The lowest BCUT2D eigenvalue weighted by Crippen LogP contribution is -2.46. The summed E-state index contributed by atoms with van der Waals surface area (Å²) in [6.07, 6.45) is 5.03. The van der Waals surface area contributed by atoms with Gasteiger partial charge in [-0.3, -0.25) is 0 Å². The Morgan fingerprint density at radius 3 is 2.44 bits per heavy atom. The minimum absolute atomic E-state index is 0.183. The van der Waals surface area contributed by atoms with Gasteiger partial charge >= 0.3 is 0 Å². The van der Waals surface area contributed by atoms with Gasteiger partial charge in [-0.1, -0.05) is 13.3 Å². The van der Waals surface area contributed by atoms with E-state index in [2.05, 4.69) is 17.0 Å². The number of nitrogens with one attached hydrogen (secondary N) is 2. The zero-order chi connectivity index (χ0) is 11.6. The van der Waals surface area contributed by atoms with Crippen LogP contribution in [0.1, 0.15) is 39.0 Å². The van der Waals surface area contributed by atoms with E-state index in [1.165, 1.54) is 6.42 Å². The van der Waals surface area contributed by atoms with Gasteiger partial charge in [0.1, 0.15) is 0 Å². The molecule has 0 aromatic carbocycles. The Kier molecular flexibility index (Phi) is 3.56. The zero-order valence-electron chi connectivity index (χ0n) is 9.96. The van der Waals surface area contributed by atoms with E-state index in [9.17, 15) is 8.42 Å². The summed E-state index contributed by atoms with van der Waals surface area (Å²) in [4.78, 5) is 0. The van der Waals surface area contributed by atoms with Gasteiger partial charge in [-0.05, 0) is 44.2 Å². The monoisotopic (exact) mass is 246 g/mol. The van der Waals surface area contributed by atoms with Gasteiger partial charge in [0.15, 0.2) is 0 Å². The van der Waals surface area contributed by atoms with Gasteiger partial charge in [0.25, 0.3) is 0 Å². The van der Waals surface area contributed by atoms with Crippen LogP contribution in [0, 0.1) is 5.41 Å². The summed E-state index contributed by atoms with van der Waals surface area (Å²) in [5.74, 6) is 0. The smallest absolute Gasteiger partial charge is 0.214 e. The first-order valence-corrected chi connectivity index (χ1v) is 7.76. The number of rotatable bonds is 4. The second-order valence-electron chi connectivity index (χ2n) is 5.48. The second kappa shape index (κ2) is 4.63. The van der Waals surface area contributed by atoms with Crippen LogP contribution in [0.3, 0.4) is 0 Å². The molecule has 2 fully saturated rings. The molecule has 94 valence electrons. The van der Waals surface area contributed by atoms with E-state index in [4.69, 9.17) is 0 Å². The summed E-state index contributed by atoms with van der Waals surface area (Å²) in [6.45, 7) is 4.44. The van der Waals surface area contributed by atoms with Crippen molar-refractivity contribution >= 4 is 10.0 Å². The summed E-state index contributed by atoms with van der Waals surface area (Å²) in [5.41, 5.74) is 0.222. The molecule has 2 N–H and O–H groups in total. The van der Waals surface area contributed by atoms with Gasteiger partial charge < -0.3 is 5.32 Å². The fourth-order valence-corrected chi connectivity index (χ4v) is 4.10. The lowest BCUT2D eigenvalue weighted by Gasteiger charge is -2.38. The van der Waals surface area contributed by atoms with Crippen molar-refractivity contribution in [2.24, 2.45) is 5.41 Å². The van der Waals surface area contributed by atoms with Crippen LogP contribution in [-0.2, 0) is 10.0 Å². The van der Waals surface area contributed by atoms with Crippen LogP contribution >= 0.6 is 0 Å². The maximum absolute atomic E-state index is 12.0. The molecule has 0 amide bonds. The summed E-state index contributed by atoms with van der Waals surface area (Å²) in [5, 5.41) is 3.01. The van der Waals surface area contributed by atoms with Crippen molar-refractivity contribution in [2.45, 2.75) is 44.3 Å². The van der Waals surface area contributed by atoms with Crippen LogP contribution in [0.2, 0.25) is 0 Å². The number of hydrogen-bond donors (Lipinski definition) is 2. The van der Waals surface area contributed by atoms with Gasteiger partial charge in [-0.15, -0.1) is 0 Å². The lowest BCUT2D eigenvalue weighted by molar-refractivity contribution is 0.166. The zero-order valence-corrected chi connectivity index (χ0v) is 10.8. The summed E-state index contributed by atoms with van der Waals surface area (Å²) in [7, 11) is -3.08. The third kappa shape index (κ3) is 2.76. The minimum Gasteiger partial charge on any atom is -0.317 e. The molecule has 0 unspecified atom stereocenters. The normalized spacial score (nSPS) is 26.3.